The third-order valence-corrected chi connectivity index (χ3v) is 7.07. The minimum Gasteiger partial charge on any atom is -0.478 e. The molecule has 1 aromatic heterocycles. The highest BCUT2D eigenvalue weighted by atomic mass is 16.6. The first kappa shape index (κ1) is 18.6. The number of carbonyl (C=O) groups excluding carboxylic acids is 1. The van der Waals surface area contributed by atoms with Gasteiger partial charge < -0.3 is 25.2 Å². The van der Waals surface area contributed by atoms with Crippen molar-refractivity contribution < 1.29 is 24.5 Å². The predicted octanol–water partition coefficient (Wildman–Crippen LogP) is 1.74. The lowest BCUT2D eigenvalue weighted by Gasteiger charge is -2.57. The van der Waals surface area contributed by atoms with E-state index in [9.17, 15) is 14.7 Å². The normalized spacial score (nSPS) is 37.6. The van der Waals surface area contributed by atoms with Gasteiger partial charge in [-0.05, 0) is 56.3 Å². The number of carboxylic acid groups (broad SMARTS) is 1. The van der Waals surface area contributed by atoms with Gasteiger partial charge in [-0.2, -0.15) is 0 Å². The van der Waals surface area contributed by atoms with Crippen molar-refractivity contribution in [2.24, 2.45) is 17.8 Å². The number of ether oxygens (including phenoxy) is 1. The Morgan fingerprint density at radius 1 is 1.17 bits per heavy atom. The summed E-state index contributed by atoms with van der Waals surface area (Å²) in [5.41, 5.74) is -0.495. The molecule has 6 rings (SSSR count). The zero-order chi connectivity index (χ0) is 20.2. The number of aliphatic hydroxyl groups is 1. The molecule has 3 N–H and O–H groups in total. The molecule has 4 bridgehead atoms. The number of nitrogens with one attached hydrogen (secondary N) is 1. The van der Waals surface area contributed by atoms with Crippen molar-refractivity contribution in [1.82, 2.24) is 14.9 Å². The van der Waals surface area contributed by atoms with Crippen molar-refractivity contribution in [3.63, 3.8) is 0 Å². The number of hydrogen-bond donors (Lipinski definition) is 3. The molecule has 9 heteroatoms. The first-order valence-electron chi connectivity index (χ1n) is 10.4. The summed E-state index contributed by atoms with van der Waals surface area (Å²) >= 11 is 0. The summed E-state index contributed by atoms with van der Waals surface area (Å²) < 4.78 is 5.95. The summed E-state index contributed by atoms with van der Waals surface area (Å²) in [6.07, 6.45) is 7.47. The average molecular weight is 402 g/mol. The maximum atomic E-state index is 12.8. The highest BCUT2D eigenvalue weighted by Crippen LogP contribution is 2.56. The number of aromatic carboxylic acids is 1. The number of likely N-dealkylation sites (tertiary alicyclic amines) is 1. The second-order valence-corrected chi connectivity index (χ2v) is 9.22. The molecule has 9 nitrogen and oxygen atoms in total. The van der Waals surface area contributed by atoms with E-state index < -0.39 is 11.6 Å². The Kier molecular flexibility index (Phi) is 4.38. The molecule has 1 saturated heterocycles. The van der Waals surface area contributed by atoms with E-state index in [0.717, 1.165) is 38.5 Å². The molecule has 1 aromatic rings. The first-order valence-corrected chi connectivity index (χ1v) is 10.4. The van der Waals surface area contributed by atoms with Gasteiger partial charge in [0.05, 0.1) is 11.2 Å². The van der Waals surface area contributed by atoms with Crippen LogP contribution in [0.1, 0.15) is 48.9 Å². The minimum absolute atomic E-state index is 0.00237. The average Bonchev–Trinajstić information content (AvgIpc) is 3.12. The van der Waals surface area contributed by atoms with Crippen LogP contribution in [0, 0.1) is 17.8 Å². The molecule has 0 aromatic carbocycles. The van der Waals surface area contributed by atoms with Gasteiger partial charge in [0, 0.05) is 31.5 Å². The fourth-order valence-corrected chi connectivity index (χ4v) is 6.06. The van der Waals surface area contributed by atoms with Gasteiger partial charge in [-0.3, -0.25) is 0 Å². The van der Waals surface area contributed by atoms with E-state index in [0.29, 0.717) is 25.0 Å². The maximum absolute atomic E-state index is 12.8. The number of nitrogens with zero attached hydrogens (tertiary/aromatic N) is 3. The molecule has 2 heterocycles. The third-order valence-electron chi connectivity index (χ3n) is 7.07. The van der Waals surface area contributed by atoms with E-state index in [4.69, 9.17) is 9.84 Å². The molecule has 4 saturated carbocycles. The molecule has 5 aliphatic rings. The molecule has 156 valence electrons. The van der Waals surface area contributed by atoms with Crippen LogP contribution in [0.2, 0.25) is 0 Å². The van der Waals surface area contributed by atoms with Gasteiger partial charge in [0.2, 0.25) is 5.95 Å². The van der Waals surface area contributed by atoms with Gasteiger partial charge >= 0.3 is 12.1 Å². The standard InChI is InChI=1S/C20H26N4O5/c25-17(26)14-8-21-18(22-9-14)23-15-1-2-24(10-15)19(27)29-16-12-3-11-4-13(16)7-20(28,5-11)6-12/h8-9,11-13,15-16,28H,1-7,10H2,(H,25,26)(H,21,22,23)/t11?,12-,13?,15?,16?,20?/m0/s1. The fourth-order valence-electron chi connectivity index (χ4n) is 6.06. The Hall–Kier alpha value is -2.42. The van der Waals surface area contributed by atoms with Crippen molar-refractivity contribution in [2.75, 3.05) is 18.4 Å². The zero-order valence-electron chi connectivity index (χ0n) is 16.2. The molecule has 6 atom stereocenters. The Labute approximate surface area is 168 Å². The fraction of sp³-hybridized carbons (Fsp3) is 0.700. The third kappa shape index (κ3) is 3.52. The molecule has 0 radical (unpaired) electrons. The summed E-state index contributed by atoms with van der Waals surface area (Å²) in [4.78, 5) is 33.4. The van der Waals surface area contributed by atoms with Gasteiger partial charge in [-0.15, -0.1) is 0 Å². The smallest absolute Gasteiger partial charge is 0.410 e. The van der Waals surface area contributed by atoms with E-state index >= 15 is 0 Å². The second-order valence-electron chi connectivity index (χ2n) is 9.22. The SMILES string of the molecule is O=C(O)c1cnc(NC2CCN(C(=O)OC3C4CC5C[C@H]3CC(O)(C5)C4)C2)nc1. The van der Waals surface area contributed by atoms with Gasteiger partial charge in [0.1, 0.15) is 6.10 Å². The summed E-state index contributed by atoms with van der Waals surface area (Å²) in [5.74, 6) is 0.439. The van der Waals surface area contributed by atoms with Gasteiger partial charge in [0.25, 0.3) is 0 Å². The molecule has 4 aliphatic carbocycles. The molecule has 0 spiro atoms. The van der Waals surface area contributed by atoms with Crippen LogP contribution in [-0.4, -0.2) is 68.0 Å². The second kappa shape index (κ2) is 6.83. The lowest BCUT2D eigenvalue weighted by atomic mass is 9.53. The molecule has 1 aliphatic heterocycles. The topological polar surface area (TPSA) is 125 Å². The predicted molar refractivity (Wildman–Crippen MR) is 101 cm³/mol. The number of rotatable bonds is 4. The highest BCUT2D eigenvalue weighted by Gasteiger charge is 2.56. The van der Waals surface area contributed by atoms with Crippen molar-refractivity contribution in [2.45, 2.75) is 56.3 Å². The number of aromatic nitrogens is 2. The van der Waals surface area contributed by atoms with E-state index in [1.54, 1.807) is 4.90 Å². The molecule has 29 heavy (non-hydrogen) atoms. The van der Waals surface area contributed by atoms with Crippen LogP contribution in [-0.2, 0) is 4.74 Å². The Morgan fingerprint density at radius 2 is 1.86 bits per heavy atom. The van der Waals surface area contributed by atoms with E-state index in [1.165, 1.54) is 12.4 Å². The quantitative estimate of drug-likeness (QED) is 0.695. The van der Waals surface area contributed by atoms with Crippen molar-refractivity contribution in [3.8, 4) is 0 Å². The molecule has 5 fully saturated rings. The summed E-state index contributed by atoms with van der Waals surface area (Å²) in [6.45, 7) is 1.09. The largest absolute Gasteiger partial charge is 0.478 e. The Morgan fingerprint density at radius 3 is 2.48 bits per heavy atom. The number of carboxylic acids is 1. The molecular weight excluding hydrogens is 376 g/mol. The number of amides is 1. The Bertz CT molecular complexity index is 800. The van der Waals surface area contributed by atoms with Gasteiger partial charge in [-0.25, -0.2) is 19.6 Å². The highest BCUT2D eigenvalue weighted by molar-refractivity contribution is 5.86. The van der Waals surface area contributed by atoms with E-state index in [-0.39, 0.29) is 35.6 Å². The summed E-state index contributed by atoms with van der Waals surface area (Å²) in [6, 6.07) is -0.00237. The first-order chi connectivity index (χ1) is 13.9. The van der Waals surface area contributed by atoms with Crippen molar-refractivity contribution in [1.29, 1.82) is 0 Å². The number of anilines is 1. The number of hydrogen-bond acceptors (Lipinski definition) is 7. The zero-order valence-corrected chi connectivity index (χ0v) is 16.2. The van der Waals surface area contributed by atoms with Crippen LogP contribution in [0.4, 0.5) is 10.7 Å². The molecular formula is C20H26N4O5. The molecule has 5 unspecified atom stereocenters. The summed E-state index contributed by atoms with van der Waals surface area (Å²) in [5, 5.41) is 22.7. The van der Waals surface area contributed by atoms with Crippen LogP contribution >= 0.6 is 0 Å². The van der Waals surface area contributed by atoms with Crippen LogP contribution in [0.25, 0.3) is 0 Å². The van der Waals surface area contributed by atoms with E-state index in [1.807, 2.05) is 0 Å². The van der Waals surface area contributed by atoms with Crippen LogP contribution < -0.4 is 5.32 Å². The lowest BCUT2D eigenvalue weighted by Crippen LogP contribution is -2.58. The maximum Gasteiger partial charge on any atom is 0.410 e. The lowest BCUT2D eigenvalue weighted by molar-refractivity contribution is -0.177. The van der Waals surface area contributed by atoms with Gasteiger partial charge in [-0.1, -0.05) is 0 Å². The van der Waals surface area contributed by atoms with Gasteiger partial charge in [0.15, 0.2) is 0 Å². The van der Waals surface area contributed by atoms with Crippen LogP contribution in [0.15, 0.2) is 12.4 Å². The van der Waals surface area contributed by atoms with E-state index in [2.05, 4.69) is 15.3 Å². The molecule has 1 amide bonds. The summed E-state index contributed by atoms with van der Waals surface area (Å²) in [7, 11) is 0. The monoisotopic (exact) mass is 402 g/mol. The van der Waals surface area contributed by atoms with Crippen molar-refractivity contribution >= 4 is 18.0 Å². The van der Waals surface area contributed by atoms with Crippen LogP contribution in [0.3, 0.4) is 0 Å². The minimum atomic E-state index is -1.07. The Balaban J connectivity index is 1.16. The number of carbonyl (C=O) groups is 2. The van der Waals surface area contributed by atoms with Crippen LogP contribution in [0.5, 0.6) is 0 Å². The van der Waals surface area contributed by atoms with Crippen molar-refractivity contribution in [3.05, 3.63) is 18.0 Å².